The Morgan fingerprint density at radius 1 is 1.23 bits per heavy atom. The normalized spacial score (nSPS) is 17.9. The third-order valence-corrected chi connectivity index (χ3v) is 8.01. The average molecular weight is 432 g/mol. The molecule has 162 valence electrons. The Balaban J connectivity index is 1.38. The summed E-state index contributed by atoms with van der Waals surface area (Å²) < 4.78 is 28.8. The number of fused-ring (bicyclic) bond motifs is 1. The average Bonchev–Trinajstić information content (AvgIpc) is 3.30. The molecular weight excluding hydrogens is 402 g/mol. The largest absolute Gasteiger partial charge is 0.371 e. The molecule has 8 nitrogen and oxygen atoms in total. The minimum Gasteiger partial charge on any atom is -0.371 e. The highest BCUT2D eigenvalue weighted by molar-refractivity contribution is 7.89. The highest BCUT2D eigenvalue weighted by Crippen LogP contribution is 2.31. The number of nitrogens with zero attached hydrogens (tertiary/aromatic N) is 4. The van der Waals surface area contributed by atoms with Crippen LogP contribution in [-0.2, 0) is 28.3 Å². The van der Waals surface area contributed by atoms with Crippen molar-refractivity contribution in [3.05, 3.63) is 35.8 Å². The van der Waals surface area contributed by atoms with Gasteiger partial charge in [-0.15, -0.1) is 0 Å². The molecule has 1 saturated heterocycles. The van der Waals surface area contributed by atoms with Crippen molar-refractivity contribution in [2.45, 2.75) is 38.1 Å². The van der Waals surface area contributed by atoms with Gasteiger partial charge >= 0.3 is 0 Å². The van der Waals surface area contributed by atoms with Gasteiger partial charge in [0.2, 0.25) is 5.91 Å². The molecule has 0 saturated carbocycles. The Morgan fingerprint density at radius 2 is 1.97 bits per heavy atom. The zero-order valence-corrected chi connectivity index (χ0v) is 18.6. The number of hydrogen-bond acceptors (Lipinski definition) is 5. The van der Waals surface area contributed by atoms with Crippen LogP contribution >= 0.6 is 0 Å². The van der Waals surface area contributed by atoms with Gasteiger partial charge in [0.25, 0.3) is 10.0 Å². The summed E-state index contributed by atoms with van der Waals surface area (Å²) in [5.74, 6) is 0.415. The van der Waals surface area contributed by atoms with Gasteiger partial charge in [-0.3, -0.25) is 4.79 Å². The fourth-order valence-electron chi connectivity index (χ4n) is 4.24. The van der Waals surface area contributed by atoms with E-state index in [9.17, 15) is 13.2 Å². The second kappa shape index (κ2) is 8.03. The fraction of sp³-hybridized carbons (Fsp3) is 0.524. The van der Waals surface area contributed by atoms with Crippen LogP contribution in [0.3, 0.4) is 0 Å². The monoisotopic (exact) mass is 431 g/mol. The Morgan fingerprint density at radius 3 is 2.60 bits per heavy atom. The van der Waals surface area contributed by atoms with Gasteiger partial charge in [-0.1, -0.05) is 6.07 Å². The van der Waals surface area contributed by atoms with E-state index >= 15 is 0 Å². The number of nitrogens with one attached hydrogen (secondary N) is 1. The number of carbonyl (C=O) groups excluding carboxylic acids is 1. The van der Waals surface area contributed by atoms with Crippen molar-refractivity contribution in [2.75, 3.05) is 36.4 Å². The summed E-state index contributed by atoms with van der Waals surface area (Å²) >= 11 is 0. The van der Waals surface area contributed by atoms with E-state index in [1.165, 1.54) is 21.8 Å². The zero-order chi connectivity index (χ0) is 21.5. The lowest BCUT2D eigenvalue weighted by atomic mass is 9.97. The maximum Gasteiger partial charge on any atom is 0.262 e. The summed E-state index contributed by atoms with van der Waals surface area (Å²) in [6, 6.07) is 6.09. The van der Waals surface area contributed by atoms with E-state index in [-0.39, 0.29) is 16.9 Å². The lowest BCUT2D eigenvalue weighted by Gasteiger charge is -2.30. The van der Waals surface area contributed by atoms with Gasteiger partial charge < -0.3 is 14.8 Å². The molecule has 2 aliphatic heterocycles. The summed E-state index contributed by atoms with van der Waals surface area (Å²) in [7, 11) is -1.85. The number of hydrogen-bond donors (Lipinski definition) is 1. The molecule has 4 rings (SSSR count). The first-order valence-electron chi connectivity index (χ1n) is 10.5. The standard InChI is InChI=1S/C21H29N5O3S/c1-4-25-10-7-16-5-6-18(13-19(16)25)23-21(27)17-8-11-26(12-9-17)30(28,29)20-14-24(3)15(2)22-20/h5-6,13-14,17H,4,7-12H2,1-3H3,(H,23,27). The SMILES string of the molecule is CCN1CCc2ccc(NC(=O)C3CCN(S(=O)(=O)c4cn(C)c(C)n4)CC3)cc21. The predicted molar refractivity (Wildman–Crippen MR) is 116 cm³/mol. The van der Waals surface area contributed by atoms with Crippen molar-refractivity contribution in [3.8, 4) is 0 Å². The van der Waals surface area contributed by atoms with Crippen molar-refractivity contribution in [3.63, 3.8) is 0 Å². The van der Waals surface area contributed by atoms with E-state index < -0.39 is 10.0 Å². The quantitative estimate of drug-likeness (QED) is 0.784. The molecule has 1 aromatic heterocycles. The molecule has 1 N–H and O–H groups in total. The highest BCUT2D eigenvalue weighted by Gasteiger charge is 2.33. The Kier molecular flexibility index (Phi) is 5.59. The number of benzene rings is 1. The van der Waals surface area contributed by atoms with E-state index in [1.807, 2.05) is 12.1 Å². The Labute approximate surface area is 177 Å². The van der Waals surface area contributed by atoms with Crippen LogP contribution < -0.4 is 10.2 Å². The van der Waals surface area contributed by atoms with Crippen LogP contribution in [0.2, 0.25) is 0 Å². The van der Waals surface area contributed by atoms with Crippen molar-refractivity contribution in [2.24, 2.45) is 13.0 Å². The number of piperidine rings is 1. The molecule has 0 radical (unpaired) electrons. The number of imidazole rings is 1. The summed E-state index contributed by atoms with van der Waals surface area (Å²) in [6.45, 7) is 6.52. The molecule has 0 atom stereocenters. The lowest BCUT2D eigenvalue weighted by molar-refractivity contribution is -0.120. The van der Waals surface area contributed by atoms with Gasteiger partial charge in [0.1, 0.15) is 5.82 Å². The molecule has 3 heterocycles. The maximum absolute atomic E-state index is 12.8. The van der Waals surface area contributed by atoms with Crippen molar-refractivity contribution in [1.82, 2.24) is 13.9 Å². The Bertz CT molecular complexity index is 1040. The van der Waals surface area contributed by atoms with Crippen LogP contribution in [0.4, 0.5) is 11.4 Å². The third-order valence-electron chi connectivity index (χ3n) is 6.24. The van der Waals surface area contributed by atoms with Gasteiger partial charge in [-0.05, 0) is 50.8 Å². The number of rotatable bonds is 5. The van der Waals surface area contributed by atoms with E-state index in [1.54, 1.807) is 18.5 Å². The number of aromatic nitrogens is 2. The lowest BCUT2D eigenvalue weighted by Crippen LogP contribution is -2.41. The van der Waals surface area contributed by atoms with Crippen LogP contribution in [0.5, 0.6) is 0 Å². The van der Waals surface area contributed by atoms with Crippen molar-refractivity contribution >= 4 is 27.3 Å². The van der Waals surface area contributed by atoms with E-state index in [0.29, 0.717) is 31.8 Å². The van der Waals surface area contributed by atoms with E-state index in [2.05, 4.69) is 28.2 Å². The molecule has 0 unspecified atom stereocenters. The molecule has 1 amide bonds. The van der Waals surface area contributed by atoms with Gasteiger partial charge in [0, 0.05) is 56.7 Å². The summed E-state index contributed by atoms with van der Waals surface area (Å²) in [5.41, 5.74) is 3.32. The molecule has 1 aromatic carbocycles. The highest BCUT2D eigenvalue weighted by atomic mass is 32.2. The second-order valence-electron chi connectivity index (χ2n) is 8.08. The van der Waals surface area contributed by atoms with Gasteiger partial charge in [-0.25, -0.2) is 13.4 Å². The molecule has 0 bridgehead atoms. The zero-order valence-electron chi connectivity index (χ0n) is 17.8. The van der Waals surface area contributed by atoms with Gasteiger partial charge in [0.05, 0.1) is 0 Å². The van der Waals surface area contributed by atoms with E-state index in [0.717, 1.165) is 25.2 Å². The smallest absolute Gasteiger partial charge is 0.262 e. The van der Waals surface area contributed by atoms with Gasteiger partial charge in [-0.2, -0.15) is 4.31 Å². The number of anilines is 2. The number of aryl methyl sites for hydroxylation is 2. The van der Waals surface area contributed by atoms with Crippen molar-refractivity contribution < 1.29 is 13.2 Å². The minimum absolute atomic E-state index is 0.0401. The molecule has 0 aliphatic carbocycles. The third kappa shape index (κ3) is 3.83. The fourth-order valence-corrected chi connectivity index (χ4v) is 5.73. The molecule has 1 fully saturated rings. The van der Waals surface area contributed by atoms with Crippen LogP contribution in [0.25, 0.3) is 0 Å². The van der Waals surface area contributed by atoms with Crippen LogP contribution in [0.1, 0.15) is 31.2 Å². The van der Waals surface area contributed by atoms with Crippen LogP contribution in [0.15, 0.2) is 29.4 Å². The molecule has 2 aromatic rings. The molecule has 30 heavy (non-hydrogen) atoms. The molecular formula is C21H29N5O3S. The van der Waals surface area contributed by atoms with Gasteiger partial charge in [0.15, 0.2) is 5.03 Å². The first-order valence-corrected chi connectivity index (χ1v) is 11.9. The minimum atomic E-state index is -3.62. The molecule has 2 aliphatic rings. The number of carbonyl (C=O) groups is 1. The summed E-state index contributed by atoms with van der Waals surface area (Å²) in [4.78, 5) is 19.3. The first kappa shape index (κ1) is 20.9. The Hall–Kier alpha value is -2.39. The van der Waals surface area contributed by atoms with Crippen LogP contribution in [-0.4, -0.2) is 54.4 Å². The first-order chi connectivity index (χ1) is 14.3. The topological polar surface area (TPSA) is 87.5 Å². The molecule has 9 heteroatoms. The maximum atomic E-state index is 12.8. The van der Waals surface area contributed by atoms with E-state index in [4.69, 9.17) is 0 Å². The number of amides is 1. The number of sulfonamides is 1. The van der Waals surface area contributed by atoms with Crippen LogP contribution in [0, 0.1) is 12.8 Å². The summed E-state index contributed by atoms with van der Waals surface area (Å²) in [6.07, 6.45) is 3.59. The number of likely N-dealkylation sites (N-methyl/N-ethyl adjacent to an activating group) is 1. The predicted octanol–water partition coefficient (Wildman–Crippen LogP) is 2.15. The summed E-state index contributed by atoms with van der Waals surface area (Å²) in [5, 5.41) is 3.11. The molecule has 0 spiro atoms. The van der Waals surface area contributed by atoms with Crippen molar-refractivity contribution in [1.29, 1.82) is 0 Å². The second-order valence-corrected chi connectivity index (χ2v) is 9.96.